The number of para-hydroxylation sites is 4. The van der Waals surface area contributed by atoms with Crippen LogP contribution in [0, 0.1) is 0 Å². The van der Waals surface area contributed by atoms with Crippen molar-refractivity contribution in [1.29, 1.82) is 0 Å². The minimum atomic E-state index is -0.521. The van der Waals surface area contributed by atoms with E-state index in [1.165, 1.54) is 22.3 Å². The first-order chi connectivity index (χ1) is 21.3. The standard InChI is InChI=1S/C39H25N3O/c43-38-29-24-23-28(25-30(29)37-40-33-19-9-12-22-36(33)42(37)38)41-34-20-10-7-17-31(34)39(26-13-3-1-4-14-26,27-15-5-2-6-16-27)32-18-8-11-21-35(32)41/h1-25H. The molecule has 4 heteroatoms. The van der Waals surface area contributed by atoms with Crippen molar-refractivity contribution >= 4 is 34.0 Å². The Morgan fingerprint density at radius 1 is 0.535 bits per heavy atom. The fraction of sp³-hybridized carbons (Fsp3) is 0.0256. The molecule has 0 saturated carbocycles. The minimum absolute atomic E-state index is 0.0307. The van der Waals surface area contributed by atoms with Gasteiger partial charge in [0.25, 0.3) is 5.91 Å². The van der Waals surface area contributed by atoms with E-state index < -0.39 is 5.41 Å². The summed E-state index contributed by atoms with van der Waals surface area (Å²) in [5.74, 6) is 0.668. The third-order valence-corrected chi connectivity index (χ3v) is 9.01. The number of anilines is 3. The van der Waals surface area contributed by atoms with Crippen molar-refractivity contribution in [3.05, 3.63) is 179 Å². The first kappa shape index (κ1) is 23.9. The summed E-state index contributed by atoms with van der Waals surface area (Å²) in [6.45, 7) is 0. The van der Waals surface area contributed by atoms with Crippen LogP contribution < -0.4 is 4.90 Å². The number of hydrogen-bond donors (Lipinski definition) is 0. The summed E-state index contributed by atoms with van der Waals surface area (Å²) in [5.41, 5.74) is 10.7. The monoisotopic (exact) mass is 551 g/mol. The zero-order valence-corrected chi connectivity index (χ0v) is 23.2. The highest BCUT2D eigenvalue weighted by Gasteiger charge is 2.46. The third-order valence-electron chi connectivity index (χ3n) is 9.01. The largest absolute Gasteiger partial charge is 0.310 e. The molecule has 4 nitrogen and oxygen atoms in total. The van der Waals surface area contributed by atoms with Crippen molar-refractivity contribution in [3.63, 3.8) is 0 Å². The Morgan fingerprint density at radius 2 is 1.09 bits per heavy atom. The van der Waals surface area contributed by atoms with Gasteiger partial charge in [-0.05, 0) is 64.7 Å². The average molecular weight is 552 g/mol. The van der Waals surface area contributed by atoms with Crippen molar-refractivity contribution < 1.29 is 4.79 Å². The average Bonchev–Trinajstić information content (AvgIpc) is 3.59. The second-order valence-corrected chi connectivity index (χ2v) is 11.1. The van der Waals surface area contributed by atoms with Gasteiger partial charge >= 0.3 is 0 Å². The zero-order chi connectivity index (χ0) is 28.5. The Hall–Kier alpha value is -5.74. The Labute approximate surface area is 249 Å². The van der Waals surface area contributed by atoms with Gasteiger partial charge in [0.1, 0.15) is 5.82 Å². The molecule has 0 radical (unpaired) electrons. The van der Waals surface area contributed by atoms with Crippen molar-refractivity contribution in [1.82, 2.24) is 9.55 Å². The number of carbonyl (C=O) groups is 1. The van der Waals surface area contributed by atoms with E-state index in [0.717, 1.165) is 33.7 Å². The highest BCUT2D eigenvalue weighted by molar-refractivity contribution is 6.13. The number of imidazole rings is 1. The van der Waals surface area contributed by atoms with Crippen molar-refractivity contribution in [3.8, 4) is 11.4 Å². The molecular weight excluding hydrogens is 526 g/mol. The van der Waals surface area contributed by atoms with Gasteiger partial charge in [0.05, 0.1) is 33.4 Å². The van der Waals surface area contributed by atoms with Crippen LogP contribution >= 0.6 is 0 Å². The predicted octanol–water partition coefficient (Wildman–Crippen LogP) is 8.87. The van der Waals surface area contributed by atoms with Gasteiger partial charge in [-0.2, -0.15) is 0 Å². The Kier molecular flexibility index (Phi) is 4.94. The van der Waals surface area contributed by atoms with E-state index >= 15 is 0 Å². The summed E-state index contributed by atoms with van der Waals surface area (Å²) in [7, 11) is 0. The van der Waals surface area contributed by atoms with E-state index in [1.54, 1.807) is 4.57 Å². The molecule has 2 aliphatic heterocycles. The number of benzene rings is 6. The molecule has 2 aliphatic rings. The molecule has 0 spiro atoms. The second-order valence-electron chi connectivity index (χ2n) is 11.1. The number of nitrogens with zero attached hydrogens (tertiary/aromatic N) is 3. The van der Waals surface area contributed by atoms with Gasteiger partial charge in [-0.25, -0.2) is 4.98 Å². The third kappa shape index (κ3) is 3.15. The molecule has 202 valence electrons. The van der Waals surface area contributed by atoms with Crippen LogP contribution in [0.15, 0.2) is 152 Å². The van der Waals surface area contributed by atoms with Crippen LogP contribution in [-0.4, -0.2) is 15.5 Å². The van der Waals surface area contributed by atoms with Crippen LogP contribution in [0.25, 0.3) is 22.4 Å². The maximum absolute atomic E-state index is 13.6. The van der Waals surface area contributed by atoms with E-state index in [0.29, 0.717) is 11.4 Å². The van der Waals surface area contributed by atoms with Crippen LogP contribution in [0.1, 0.15) is 32.6 Å². The van der Waals surface area contributed by atoms with Gasteiger partial charge in [-0.15, -0.1) is 0 Å². The molecule has 0 aliphatic carbocycles. The molecule has 0 N–H and O–H groups in total. The first-order valence-corrected chi connectivity index (χ1v) is 14.5. The van der Waals surface area contributed by atoms with Gasteiger partial charge in [0.15, 0.2) is 0 Å². The lowest BCUT2D eigenvalue weighted by Gasteiger charge is -2.46. The Balaban J connectivity index is 1.33. The Morgan fingerprint density at radius 3 is 1.74 bits per heavy atom. The lowest BCUT2D eigenvalue weighted by molar-refractivity contribution is 0.0973. The fourth-order valence-corrected chi connectivity index (χ4v) is 7.26. The highest BCUT2D eigenvalue weighted by atomic mass is 16.2. The van der Waals surface area contributed by atoms with E-state index in [4.69, 9.17) is 4.98 Å². The molecule has 3 heterocycles. The van der Waals surface area contributed by atoms with Gasteiger partial charge in [0.2, 0.25) is 0 Å². The highest BCUT2D eigenvalue weighted by Crippen LogP contribution is 2.57. The number of fused-ring (bicyclic) bond motifs is 7. The Bertz CT molecular complexity index is 2130. The molecule has 7 aromatic rings. The van der Waals surface area contributed by atoms with Gasteiger partial charge in [-0.1, -0.05) is 109 Å². The molecule has 0 bridgehead atoms. The van der Waals surface area contributed by atoms with Gasteiger partial charge < -0.3 is 4.90 Å². The molecule has 9 rings (SSSR count). The molecular formula is C39H25N3O. The quantitative estimate of drug-likeness (QED) is 0.220. The predicted molar refractivity (Wildman–Crippen MR) is 171 cm³/mol. The van der Waals surface area contributed by atoms with Crippen molar-refractivity contribution in [2.75, 3.05) is 4.90 Å². The summed E-state index contributed by atoms with van der Waals surface area (Å²) < 4.78 is 1.75. The van der Waals surface area contributed by atoms with Crippen LogP contribution in [-0.2, 0) is 5.41 Å². The summed E-state index contributed by atoms with van der Waals surface area (Å²) in [4.78, 5) is 20.8. The maximum Gasteiger partial charge on any atom is 0.264 e. The molecule has 0 saturated heterocycles. The number of aromatic nitrogens is 2. The summed E-state index contributed by atoms with van der Waals surface area (Å²) in [6.07, 6.45) is 0. The molecule has 1 aromatic heterocycles. The molecule has 0 atom stereocenters. The van der Waals surface area contributed by atoms with E-state index in [9.17, 15) is 4.79 Å². The van der Waals surface area contributed by atoms with Crippen LogP contribution in [0.4, 0.5) is 17.1 Å². The topological polar surface area (TPSA) is 38.1 Å². The second kappa shape index (κ2) is 8.88. The zero-order valence-electron chi connectivity index (χ0n) is 23.2. The van der Waals surface area contributed by atoms with Crippen molar-refractivity contribution in [2.24, 2.45) is 0 Å². The van der Waals surface area contributed by atoms with Gasteiger partial charge in [-0.3, -0.25) is 9.36 Å². The SMILES string of the molecule is O=C1c2ccc(N3c4ccccc4C(c4ccccc4)(c4ccccc4)c4ccccc43)cc2-c2nc3ccccc3n21. The summed E-state index contributed by atoms with van der Waals surface area (Å²) in [6, 6.07) is 53.0. The van der Waals surface area contributed by atoms with Gasteiger partial charge in [0, 0.05) is 11.3 Å². The van der Waals surface area contributed by atoms with Crippen LogP contribution in [0.3, 0.4) is 0 Å². The van der Waals surface area contributed by atoms with Crippen LogP contribution in [0.2, 0.25) is 0 Å². The number of carbonyl (C=O) groups excluding carboxylic acids is 1. The van der Waals surface area contributed by atoms with Crippen LogP contribution in [0.5, 0.6) is 0 Å². The number of hydrogen-bond acceptors (Lipinski definition) is 3. The molecule has 43 heavy (non-hydrogen) atoms. The van der Waals surface area contributed by atoms with E-state index in [-0.39, 0.29) is 5.91 Å². The molecule has 0 fully saturated rings. The minimum Gasteiger partial charge on any atom is -0.310 e. The first-order valence-electron chi connectivity index (χ1n) is 14.5. The maximum atomic E-state index is 13.6. The smallest absolute Gasteiger partial charge is 0.264 e. The van der Waals surface area contributed by atoms with E-state index in [1.807, 2.05) is 30.3 Å². The molecule has 0 amide bonds. The molecule has 0 unspecified atom stereocenters. The summed E-state index contributed by atoms with van der Waals surface area (Å²) >= 11 is 0. The summed E-state index contributed by atoms with van der Waals surface area (Å²) in [5, 5.41) is 0. The normalized spacial score (nSPS) is 14.2. The lowest BCUT2D eigenvalue weighted by atomic mass is 9.62. The fourth-order valence-electron chi connectivity index (χ4n) is 7.26. The van der Waals surface area contributed by atoms with E-state index in [2.05, 4.69) is 126 Å². The van der Waals surface area contributed by atoms with Crippen molar-refractivity contribution in [2.45, 2.75) is 5.41 Å². The number of rotatable bonds is 3. The molecule has 6 aromatic carbocycles. The lowest BCUT2D eigenvalue weighted by Crippen LogP contribution is -2.37.